The molecule has 1 aromatic rings. The number of ketones is 1. The van der Waals surface area contributed by atoms with Gasteiger partial charge in [-0.1, -0.05) is 0 Å². The first-order valence-electron chi connectivity index (χ1n) is 4.20. The number of nitrogens with one attached hydrogen (secondary N) is 2. The molecule has 2 rings (SSSR count). The molecule has 0 fully saturated rings. The summed E-state index contributed by atoms with van der Waals surface area (Å²) in [6, 6.07) is 2.24. The number of carbonyl (C=O) groups is 1. The van der Waals surface area contributed by atoms with Gasteiger partial charge in [0.1, 0.15) is 0 Å². The lowest BCUT2D eigenvalue weighted by Crippen LogP contribution is -2.29. The Morgan fingerprint density at radius 1 is 1.58 bits per heavy atom. The smallest absolute Gasteiger partial charge is 0.178 e. The molecular formula is C9H12N2O. The van der Waals surface area contributed by atoms with Crippen LogP contribution in [-0.2, 0) is 6.42 Å². The Morgan fingerprint density at radius 2 is 2.42 bits per heavy atom. The number of fused-ring (bicyclic) bond motifs is 1. The van der Waals surface area contributed by atoms with E-state index in [0.717, 1.165) is 17.7 Å². The fourth-order valence-electron chi connectivity index (χ4n) is 1.57. The van der Waals surface area contributed by atoms with Gasteiger partial charge in [-0.25, -0.2) is 0 Å². The number of hydrogen-bond donors (Lipinski definition) is 2. The van der Waals surface area contributed by atoms with Crippen molar-refractivity contribution >= 4 is 5.78 Å². The van der Waals surface area contributed by atoms with Crippen LogP contribution in [0.1, 0.15) is 23.0 Å². The summed E-state index contributed by atoms with van der Waals surface area (Å²) in [5.74, 6) is 0.190. The van der Waals surface area contributed by atoms with Gasteiger partial charge in [-0.3, -0.25) is 4.79 Å². The van der Waals surface area contributed by atoms with Crippen LogP contribution in [0.5, 0.6) is 0 Å². The van der Waals surface area contributed by atoms with Crippen LogP contribution >= 0.6 is 0 Å². The molecule has 0 amide bonds. The van der Waals surface area contributed by atoms with E-state index in [-0.39, 0.29) is 5.78 Å². The molecule has 0 bridgehead atoms. The molecule has 3 heteroatoms. The summed E-state index contributed by atoms with van der Waals surface area (Å²) in [6.07, 6.45) is 2.74. The standard InChI is InChI=1S/C9H12N2O/c1-6-4-8-7(2-3-10-8)9(12)5-11-6/h2-3,6,10-11H,4-5H2,1H3. The van der Waals surface area contributed by atoms with Gasteiger partial charge >= 0.3 is 0 Å². The third kappa shape index (κ3) is 1.16. The highest BCUT2D eigenvalue weighted by atomic mass is 16.1. The van der Waals surface area contributed by atoms with E-state index in [9.17, 15) is 4.79 Å². The number of aromatic amines is 1. The summed E-state index contributed by atoms with van der Waals surface area (Å²) >= 11 is 0. The first-order chi connectivity index (χ1) is 5.77. The Hall–Kier alpha value is -1.09. The average Bonchev–Trinajstić information content (AvgIpc) is 2.44. The number of aromatic nitrogens is 1. The van der Waals surface area contributed by atoms with Crippen molar-refractivity contribution in [3.63, 3.8) is 0 Å². The minimum Gasteiger partial charge on any atom is -0.364 e. The molecule has 2 N–H and O–H groups in total. The first-order valence-corrected chi connectivity index (χ1v) is 4.20. The van der Waals surface area contributed by atoms with E-state index in [4.69, 9.17) is 0 Å². The van der Waals surface area contributed by atoms with Crippen molar-refractivity contribution in [1.29, 1.82) is 0 Å². The summed E-state index contributed by atoms with van der Waals surface area (Å²) in [5, 5.41) is 3.16. The van der Waals surface area contributed by atoms with Crippen LogP contribution in [0.4, 0.5) is 0 Å². The Labute approximate surface area is 71.2 Å². The van der Waals surface area contributed by atoms with Gasteiger partial charge in [0.05, 0.1) is 6.54 Å². The van der Waals surface area contributed by atoms with Crippen molar-refractivity contribution in [2.45, 2.75) is 19.4 Å². The maximum atomic E-state index is 11.4. The Kier molecular flexibility index (Phi) is 1.73. The van der Waals surface area contributed by atoms with Crippen LogP contribution in [0, 0.1) is 0 Å². The van der Waals surface area contributed by atoms with Crippen molar-refractivity contribution in [1.82, 2.24) is 10.3 Å². The Morgan fingerprint density at radius 3 is 3.25 bits per heavy atom. The van der Waals surface area contributed by atoms with E-state index >= 15 is 0 Å². The fourth-order valence-corrected chi connectivity index (χ4v) is 1.57. The molecule has 2 heterocycles. The molecule has 12 heavy (non-hydrogen) atoms. The number of carbonyl (C=O) groups excluding carboxylic acids is 1. The van der Waals surface area contributed by atoms with Gasteiger partial charge in [-0.2, -0.15) is 0 Å². The predicted molar refractivity (Wildman–Crippen MR) is 46.3 cm³/mol. The van der Waals surface area contributed by atoms with Crippen molar-refractivity contribution in [3.8, 4) is 0 Å². The molecule has 0 aromatic carbocycles. The Bertz CT molecular complexity index is 303. The third-order valence-electron chi connectivity index (χ3n) is 2.25. The van der Waals surface area contributed by atoms with Crippen molar-refractivity contribution in [3.05, 3.63) is 23.5 Å². The summed E-state index contributed by atoms with van der Waals surface area (Å²) in [4.78, 5) is 14.5. The third-order valence-corrected chi connectivity index (χ3v) is 2.25. The molecule has 1 aliphatic rings. The monoisotopic (exact) mass is 164 g/mol. The normalized spacial score (nSPS) is 23.4. The van der Waals surface area contributed by atoms with E-state index < -0.39 is 0 Å². The van der Waals surface area contributed by atoms with Crippen molar-refractivity contribution < 1.29 is 4.79 Å². The highest BCUT2D eigenvalue weighted by Crippen LogP contribution is 2.12. The largest absolute Gasteiger partial charge is 0.364 e. The van der Waals surface area contributed by atoms with Crippen LogP contribution in [0.25, 0.3) is 0 Å². The van der Waals surface area contributed by atoms with Crippen molar-refractivity contribution in [2.24, 2.45) is 0 Å². The second kappa shape index (κ2) is 2.75. The molecule has 1 unspecified atom stereocenters. The van der Waals surface area contributed by atoms with Gasteiger partial charge in [0.25, 0.3) is 0 Å². The van der Waals surface area contributed by atoms with E-state index in [1.54, 1.807) is 0 Å². The molecule has 64 valence electrons. The molecule has 0 saturated heterocycles. The zero-order chi connectivity index (χ0) is 8.55. The van der Waals surface area contributed by atoms with Crippen LogP contribution in [0.15, 0.2) is 12.3 Å². The summed E-state index contributed by atoms with van der Waals surface area (Å²) in [7, 11) is 0. The number of hydrogen-bond acceptors (Lipinski definition) is 2. The molecule has 0 spiro atoms. The van der Waals surface area contributed by atoms with Crippen LogP contribution in [0.2, 0.25) is 0 Å². The van der Waals surface area contributed by atoms with E-state index in [1.165, 1.54) is 0 Å². The summed E-state index contributed by atoms with van der Waals surface area (Å²) in [5.41, 5.74) is 1.92. The molecule has 1 aromatic heterocycles. The molecule has 0 radical (unpaired) electrons. The average molecular weight is 164 g/mol. The van der Waals surface area contributed by atoms with Crippen LogP contribution < -0.4 is 5.32 Å². The van der Waals surface area contributed by atoms with Gasteiger partial charge in [-0.15, -0.1) is 0 Å². The maximum absolute atomic E-state index is 11.4. The highest BCUT2D eigenvalue weighted by molar-refractivity contribution is 5.99. The van der Waals surface area contributed by atoms with E-state index in [2.05, 4.69) is 17.2 Å². The van der Waals surface area contributed by atoms with E-state index in [0.29, 0.717) is 12.6 Å². The second-order valence-corrected chi connectivity index (χ2v) is 3.28. The lowest BCUT2D eigenvalue weighted by molar-refractivity contribution is 0.0991. The lowest BCUT2D eigenvalue weighted by atomic mass is 10.1. The molecule has 1 aliphatic heterocycles. The number of Topliss-reactive ketones (excluding diaryl/α,β-unsaturated/α-hetero) is 1. The number of H-pyrrole nitrogens is 1. The molecule has 1 atom stereocenters. The zero-order valence-electron chi connectivity index (χ0n) is 7.05. The van der Waals surface area contributed by atoms with E-state index in [1.807, 2.05) is 12.3 Å². The van der Waals surface area contributed by atoms with Crippen LogP contribution in [0.3, 0.4) is 0 Å². The second-order valence-electron chi connectivity index (χ2n) is 3.28. The fraction of sp³-hybridized carbons (Fsp3) is 0.444. The maximum Gasteiger partial charge on any atom is 0.178 e. The summed E-state index contributed by atoms with van der Waals surface area (Å²) in [6.45, 7) is 2.55. The number of rotatable bonds is 0. The van der Waals surface area contributed by atoms with Gasteiger partial charge < -0.3 is 10.3 Å². The molecular weight excluding hydrogens is 152 g/mol. The van der Waals surface area contributed by atoms with Gasteiger partial charge in [-0.05, 0) is 13.0 Å². The lowest BCUT2D eigenvalue weighted by Gasteiger charge is -2.06. The molecule has 0 aliphatic carbocycles. The zero-order valence-corrected chi connectivity index (χ0v) is 7.05. The van der Waals surface area contributed by atoms with Crippen molar-refractivity contribution in [2.75, 3.05) is 6.54 Å². The van der Waals surface area contributed by atoms with Gasteiger partial charge in [0, 0.05) is 29.9 Å². The minimum atomic E-state index is 0.190. The minimum absolute atomic E-state index is 0.190. The molecule has 0 saturated carbocycles. The topological polar surface area (TPSA) is 44.9 Å². The predicted octanol–water partition coefficient (Wildman–Crippen LogP) is 0.732. The Balaban J connectivity index is 2.38. The SMILES string of the molecule is CC1Cc2[nH]ccc2C(=O)CN1. The first kappa shape index (κ1) is 7.55. The highest BCUT2D eigenvalue weighted by Gasteiger charge is 2.18. The van der Waals surface area contributed by atoms with Gasteiger partial charge in [0.15, 0.2) is 5.78 Å². The summed E-state index contributed by atoms with van der Waals surface area (Å²) < 4.78 is 0. The van der Waals surface area contributed by atoms with Crippen LogP contribution in [-0.4, -0.2) is 23.4 Å². The van der Waals surface area contributed by atoms with Gasteiger partial charge in [0.2, 0.25) is 0 Å². The molecule has 3 nitrogen and oxygen atoms in total. The quantitative estimate of drug-likeness (QED) is 0.593.